The minimum atomic E-state index is -0.461. The summed E-state index contributed by atoms with van der Waals surface area (Å²) in [7, 11) is 1.41. The van der Waals surface area contributed by atoms with Gasteiger partial charge in [-0.1, -0.05) is 0 Å². The van der Waals surface area contributed by atoms with Crippen molar-refractivity contribution in [1.29, 1.82) is 0 Å². The van der Waals surface area contributed by atoms with E-state index in [2.05, 4.69) is 5.32 Å². The normalized spacial score (nSPS) is 11.9. The maximum atomic E-state index is 10.9. The number of hydrogen-bond acceptors (Lipinski definition) is 5. The fraction of sp³-hybridized carbons (Fsp3) is 0.500. The molecular formula is C12H18N2O4. The predicted molar refractivity (Wildman–Crippen MR) is 69.2 cm³/mol. The van der Waals surface area contributed by atoms with E-state index >= 15 is 0 Å². The van der Waals surface area contributed by atoms with E-state index in [1.54, 1.807) is 12.1 Å². The molecule has 0 aliphatic carbocycles. The predicted octanol–water partition coefficient (Wildman–Crippen LogP) is 2.44. The molecule has 1 N–H and O–H groups in total. The average molecular weight is 254 g/mol. The third-order valence-corrected chi connectivity index (χ3v) is 2.36. The molecule has 0 saturated heterocycles. The number of nitro benzene ring substituents is 1. The molecule has 0 aliphatic rings. The van der Waals surface area contributed by atoms with Crippen LogP contribution in [0, 0.1) is 10.1 Å². The van der Waals surface area contributed by atoms with Crippen molar-refractivity contribution in [2.24, 2.45) is 0 Å². The summed E-state index contributed by atoms with van der Waals surface area (Å²) < 4.78 is 10.2. The van der Waals surface area contributed by atoms with Gasteiger partial charge in [0.05, 0.1) is 18.6 Å². The summed E-state index contributed by atoms with van der Waals surface area (Å²) >= 11 is 0. The number of hydrogen-bond donors (Lipinski definition) is 1. The first-order valence-corrected chi connectivity index (χ1v) is 5.75. The molecule has 0 radical (unpaired) electrons. The minimum absolute atomic E-state index is 0.0499. The fourth-order valence-electron chi connectivity index (χ4n) is 1.54. The highest BCUT2D eigenvalue weighted by atomic mass is 16.6. The Balaban J connectivity index is 2.78. The standard InChI is InChI=1S/C12H18N2O4/c1-4-18-8-9(2)13-10-5-6-12(17-3)11(7-10)14(15)16/h5-7,9,13H,4,8H2,1-3H3. The second-order valence-electron chi connectivity index (χ2n) is 3.85. The average Bonchev–Trinajstić information content (AvgIpc) is 2.36. The van der Waals surface area contributed by atoms with Gasteiger partial charge in [-0.15, -0.1) is 0 Å². The van der Waals surface area contributed by atoms with Gasteiger partial charge in [-0.2, -0.15) is 0 Å². The van der Waals surface area contributed by atoms with Gasteiger partial charge in [0.15, 0.2) is 5.75 Å². The van der Waals surface area contributed by atoms with Gasteiger partial charge in [0, 0.05) is 24.4 Å². The molecule has 0 aromatic heterocycles. The molecule has 100 valence electrons. The van der Waals surface area contributed by atoms with Crippen LogP contribution in [0.3, 0.4) is 0 Å². The van der Waals surface area contributed by atoms with Crippen molar-refractivity contribution in [1.82, 2.24) is 0 Å². The Morgan fingerprint density at radius 3 is 2.78 bits per heavy atom. The highest BCUT2D eigenvalue weighted by Gasteiger charge is 2.15. The number of nitrogens with one attached hydrogen (secondary N) is 1. The largest absolute Gasteiger partial charge is 0.490 e. The van der Waals surface area contributed by atoms with E-state index in [1.165, 1.54) is 13.2 Å². The monoisotopic (exact) mass is 254 g/mol. The van der Waals surface area contributed by atoms with Gasteiger partial charge in [-0.25, -0.2) is 0 Å². The lowest BCUT2D eigenvalue weighted by Crippen LogP contribution is -2.21. The fourth-order valence-corrected chi connectivity index (χ4v) is 1.54. The first-order valence-electron chi connectivity index (χ1n) is 5.75. The number of anilines is 1. The van der Waals surface area contributed by atoms with E-state index in [-0.39, 0.29) is 17.5 Å². The van der Waals surface area contributed by atoms with Gasteiger partial charge in [0.1, 0.15) is 0 Å². The summed E-state index contributed by atoms with van der Waals surface area (Å²) in [5.41, 5.74) is 0.626. The number of rotatable bonds is 7. The van der Waals surface area contributed by atoms with Crippen LogP contribution in [0.15, 0.2) is 18.2 Å². The summed E-state index contributed by atoms with van der Waals surface area (Å²) in [4.78, 5) is 10.4. The van der Waals surface area contributed by atoms with Crippen LogP contribution in [0.25, 0.3) is 0 Å². The molecule has 6 heteroatoms. The van der Waals surface area contributed by atoms with E-state index in [0.29, 0.717) is 18.9 Å². The van der Waals surface area contributed by atoms with Crippen molar-refractivity contribution in [2.75, 3.05) is 25.6 Å². The van der Waals surface area contributed by atoms with Gasteiger partial charge in [0.25, 0.3) is 0 Å². The third kappa shape index (κ3) is 3.89. The number of methoxy groups -OCH3 is 1. The van der Waals surface area contributed by atoms with Crippen LogP contribution in [0.2, 0.25) is 0 Å². The Bertz CT molecular complexity index is 409. The molecule has 1 atom stereocenters. The van der Waals surface area contributed by atoms with Crippen LogP contribution in [0.5, 0.6) is 5.75 Å². The molecular weight excluding hydrogens is 236 g/mol. The molecule has 0 amide bonds. The molecule has 0 aliphatic heterocycles. The lowest BCUT2D eigenvalue weighted by atomic mass is 10.2. The molecule has 0 heterocycles. The molecule has 0 spiro atoms. The van der Waals surface area contributed by atoms with Crippen LogP contribution in [-0.4, -0.2) is 31.3 Å². The van der Waals surface area contributed by atoms with Gasteiger partial charge < -0.3 is 14.8 Å². The van der Waals surface area contributed by atoms with Crippen molar-refractivity contribution in [2.45, 2.75) is 19.9 Å². The Kier molecular flexibility index (Phi) is 5.38. The molecule has 1 unspecified atom stereocenters. The van der Waals surface area contributed by atoms with Crippen LogP contribution >= 0.6 is 0 Å². The van der Waals surface area contributed by atoms with E-state index in [9.17, 15) is 10.1 Å². The van der Waals surface area contributed by atoms with E-state index in [0.717, 1.165) is 0 Å². The zero-order valence-corrected chi connectivity index (χ0v) is 10.8. The van der Waals surface area contributed by atoms with Crippen molar-refractivity contribution < 1.29 is 14.4 Å². The molecule has 0 bridgehead atoms. The molecule has 18 heavy (non-hydrogen) atoms. The van der Waals surface area contributed by atoms with Crippen LogP contribution in [0.4, 0.5) is 11.4 Å². The molecule has 0 saturated carbocycles. The Morgan fingerprint density at radius 1 is 1.50 bits per heavy atom. The second kappa shape index (κ2) is 6.80. The van der Waals surface area contributed by atoms with E-state index < -0.39 is 4.92 Å². The van der Waals surface area contributed by atoms with Crippen molar-refractivity contribution >= 4 is 11.4 Å². The SMILES string of the molecule is CCOCC(C)Nc1ccc(OC)c([N+](=O)[O-])c1. The van der Waals surface area contributed by atoms with Crippen LogP contribution in [0.1, 0.15) is 13.8 Å². The second-order valence-corrected chi connectivity index (χ2v) is 3.85. The number of nitro groups is 1. The smallest absolute Gasteiger partial charge is 0.312 e. The molecule has 0 fully saturated rings. The number of ether oxygens (including phenoxy) is 2. The first kappa shape index (κ1) is 14.2. The van der Waals surface area contributed by atoms with Gasteiger partial charge in [0.2, 0.25) is 0 Å². The maximum absolute atomic E-state index is 10.9. The number of benzene rings is 1. The Labute approximate surface area is 106 Å². The minimum Gasteiger partial charge on any atom is -0.490 e. The number of nitrogens with zero attached hydrogens (tertiary/aromatic N) is 1. The van der Waals surface area contributed by atoms with Crippen molar-refractivity contribution in [3.63, 3.8) is 0 Å². The highest BCUT2D eigenvalue weighted by Crippen LogP contribution is 2.29. The van der Waals surface area contributed by atoms with Gasteiger partial charge >= 0.3 is 5.69 Å². The van der Waals surface area contributed by atoms with E-state index in [4.69, 9.17) is 9.47 Å². The van der Waals surface area contributed by atoms with Crippen LogP contribution < -0.4 is 10.1 Å². The topological polar surface area (TPSA) is 73.6 Å². The van der Waals surface area contributed by atoms with Crippen molar-refractivity contribution in [3.05, 3.63) is 28.3 Å². The Morgan fingerprint density at radius 2 is 2.22 bits per heavy atom. The highest BCUT2D eigenvalue weighted by molar-refractivity contribution is 5.58. The zero-order valence-electron chi connectivity index (χ0n) is 10.8. The van der Waals surface area contributed by atoms with Crippen molar-refractivity contribution in [3.8, 4) is 5.75 Å². The molecule has 6 nitrogen and oxygen atoms in total. The molecule has 1 rings (SSSR count). The Hall–Kier alpha value is -1.82. The first-order chi connectivity index (χ1) is 8.58. The van der Waals surface area contributed by atoms with Crippen LogP contribution in [-0.2, 0) is 4.74 Å². The summed E-state index contributed by atoms with van der Waals surface area (Å²) in [6.07, 6.45) is 0. The van der Waals surface area contributed by atoms with Gasteiger partial charge in [-0.3, -0.25) is 10.1 Å². The zero-order chi connectivity index (χ0) is 13.5. The third-order valence-electron chi connectivity index (χ3n) is 2.36. The lowest BCUT2D eigenvalue weighted by molar-refractivity contribution is -0.385. The summed E-state index contributed by atoms with van der Waals surface area (Å²) in [5.74, 6) is 0.253. The quantitative estimate of drug-likeness (QED) is 0.597. The summed E-state index contributed by atoms with van der Waals surface area (Å²) in [5, 5.41) is 14.0. The molecule has 1 aromatic rings. The summed E-state index contributed by atoms with van der Waals surface area (Å²) in [6, 6.07) is 4.86. The van der Waals surface area contributed by atoms with E-state index in [1.807, 2.05) is 13.8 Å². The summed E-state index contributed by atoms with van der Waals surface area (Å²) in [6.45, 7) is 5.07. The maximum Gasteiger partial charge on any atom is 0.312 e. The lowest BCUT2D eigenvalue weighted by Gasteiger charge is -2.15. The van der Waals surface area contributed by atoms with Gasteiger partial charge in [-0.05, 0) is 26.0 Å². The molecule has 1 aromatic carbocycles.